The monoisotopic (exact) mass is 410 g/mol. The van der Waals surface area contributed by atoms with E-state index in [0.717, 1.165) is 49.8 Å². The molecule has 0 radical (unpaired) electrons. The van der Waals surface area contributed by atoms with Crippen LogP contribution in [0.4, 0.5) is 5.69 Å². The van der Waals surface area contributed by atoms with Gasteiger partial charge in [0.1, 0.15) is 5.54 Å². The van der Waals surface area contributed by atoms with Crippen LogP contribution in [0, 0.1) is 11.3 Å². The largest absolute Gasteiger partial charge is 0.359 e. The van der Waals surface area contributed by atoms with E-state index in [2.05, 4.69) is 35.5 Å². The zero-order valence-corrected chi connectivity index (χ0v) is 18.4. The molecule has 2 aliphatic rings. The first-order valence-electron chi connectivity index (χ1n) is 11.3. The van der Waals surface area contributed by atoms with Gasteiger partial charge >= 0.3 is 0 Å². The van der Waals surface area contributed by atoms with Crippen molar-refractivity contribution in [2.45, 2.75) is 89.3 Å². The minimum atomic E-state index is -0.730. The maximum atomic E-state index is 12.9. The number of benzene rings is 1. The van der Waals surface area contributed by atoms with Crippen molar-refractivity contribution in [1.29, 1.82) is 5.26 Å². The summed E-state index contributed by atoms with van der Waals surface area (Å²) in [5.74, 6) is -0.283. The lowest BCUT2D eigenvalue weighted by atomic mass is 9.82. The van der Waals surface area contributed by atoms with E-state index in [1.807, 2.05) is 31.2 Å². The number of para-hydroxylation sites is 1. The molecule has 3 rings (SSSR count). The minimum Gasteiger partial charge on any atom is -0.359 e. The molecule has 6 nitrogen and oxygen atoms in total. The van der Waals surface area contributed by atoms with Crippen molar-refractivity contribution in [1.82, 2.24) is 10.6 Å². The second kappa shape index (κ2) is 9.51. The summed E-state index contributed by atoms with van der Waals surface area (Å²) in [6.07, 6.45) is 6.07. The van der Waals surface area contributed by atoms with E-state index in [1.165, 1.54) is 0 Å². The highest BCUT2D eigenvalue weighted by molar-refractivity contribution is 5.88. The third-order valence-electron chi connectivity index (χ3n) is 6.66. The fourth-order valence-electron chi connectivity index (χ4n) is 4.69. The van der Waals surface area contributed by atoms with Crippen LogP contribution in [0.25, 0.3) is 0 Å². The standard InChI is InChI=1S/C24H34N4O2/c1-4-17(2)26-23(30)20-14-18(3)28(21-11-7-6-10-19(20)21)15-22(29)27-24(16-25)12-8-5-9-13-24/h6-7,10-11,17-18,20H,4-5,8-9,12-15H2,1-3H3,(H,26,30)(H,27,29)/t17-,18+,20-/m1/s1. The van der Waals surface area contributed by atoms with Crippen LogP contribution in [0.1, 0.15) is 77.2 Å². The van der Waals surface area contributed by atoms with Gasteiger partial charge in [0.05, 0.1) is 18.5 Å². The second-order valence-corrected chi connectivity index (χ2v) is 8.94. The molecule has 0 bridgehead atoms. The molecule has 0 spiro atoms. The molecule has 2 N–H and O–H groups in total. The van der Waals surface area contributed by atoms with E-state index in [4.69, 9.17) is 0 Å². The quantitative estimate of drug-likeness (QED) is 0.750. The zero-order valence-electron chi connectivity index (χ0n) is 18.4. The molecule has 1 saturated carbocycles. The molecule has 1 aliphatic heterocycles. The Labute approximate surface area is 180 Å². The summed E-state index contributed by atoms with van der Waals surface area (Å²) in [6.45, 7) is 6.33. The van der Waals surface area contributed by atoms with Crippen LogP contribution < -0.4 is 15.5 Å². The van der Waals surface area contributed by atoms with Crippen LogP contribution in [0.3, 0.4) is 0 Å². The Kier molecular flexibility index (Phi) is 7.02. The number of carbonyl (C=O) groups excluding carboxylic acids is 2. The normalized spacial score (nSPS) is 23.6. The Hall–Kier alpha value is -2.55. The summed E-state index contributed by atoms with van der Waals surface area (Å²) >= 11 is 0. The topological polar surface area (TPSA) is 85.2 Å². The summed E-state index contributed by atoms with van der Waals surface area (Å²) < 4.78 is 0. The van der Waals surface area contributed by atoms with Crippen molar-refractivity contribution in [3.63, 3.8) is 0 Å². The molecule has 0 unspecified atom stereocenters. The maximum Gasteiger partial charge on any atom is 0.240 e. The molecule has 1 heterocycles. The summed E-state index contributed by atoms with van der Waals surface area (Å²) in [4.78, 5) is 27.9. The van der Waals surface area contributed by atoms with E-state index in [-0.39, 0.29) is 36.4 Å². The predicted octanol–water partition coefficient (Wildman–Crippen LogP) is 3.63. The Balaban J connectivity index is 1.77. The van der Waals surface area contributed by atoms with Crippen LogP contribution in [0.5, 0.6) is 0 Å². The second-order valence-electron chi connectivity index (χ2n) is 8.94. The number of rotatable bonds is 6. The summed E-state index contributed by atoms with van der Waals surface area (Å²) in [7, 11) is 0. The van der Waals surface area contributed by atoms with Gasteiger partial charge in [-0.15, -0.1) is 0 Å². The fourth-order valence-corrected chi connectivity index (χ4v) is 4.69. The van der Waals surface area contributed by atoms with Gasteiger partial charge in [-0.3, -0.25) is 9.59 Å². The molecule has 1 aromatic carbocycles. The molecule has 1 fully saturated rings. The van der Waals surface area contributed by atoms with E-state index in [9.17, 15) is 14.9 Å². The number of amides is 2. The van der Waals surface area contributed by atoms with Gasteiger partial charge < -0.3 is 15.5 Å². The van der Waals surface area contributed by atoms with Crippen LogP contribution in [0.15, 0.2) is 24.3 Å². The number of anilines is 1. The Morgan fingerprint density at radius 1 is 1.27 bits per heavy atom. The molecule has 6 heteroatoms. The van der Waals surface area contributed by atoms with E-state index in [0.29, 0.717) is 6.42 Å². The van der Waals surface area contributed by atoms with Crippen LogP contribution in [-0.4, -0.2) is 36.0 Å². The van der Waals surface area contributed by atoms with Gasteiger partial charge in [0, 0.05) is 17.8 Å². The van der Waals surface area contributed by atoms with Crippen LogP contribution in [-0.2, 0) is 9.59 Å². The van der Waals surface area contributed by atoms with Gasteiger partial charge in [0.15, 0.2) is 0 Å². The van der Waals surface area contributed by atoms with Gasteiger partial charge in [-0.05, 0) is 51.2 Å². The molecule has 30 heavy (non-hydrogen) atoms. The average Bonchev–Trinajstić information content (AvgIpc) is 2.75. The first-order chi connectivity index (χ1) is 14.4. The number of nitrogens with zero attached hydrogens (tertiary/aromatic N) is 2. The van der Waals surface area contributed by atoms with Gasteiger partial charge in [-0.25, -0.2) is 0 Å². The lowest BCUT2D eigenvalue weighted by Crippen LogP contribution is -2.54. The average molecular weight is 411 g/mol. The summed E-state index contributed by atoms with van der Waals surface area (Å²) in [6, 6.07) is 10.4. The first-order valence-corrected chi connectivity index (χ1v) is 11.3. The third kappa shape index (κ3) is 4.77. The van der Waals surface area contributed by atoms with Crippen molar-refractivity contribution < 1.29 is 9.59 Å². The van der Waals surface area contributed by atoms with E-state index >= 15 is 0 Å². The molecular weight excluding hydrogens is 376 g/mol. The zero-order chi connectivity index (χ0) is 21.7. The molecule has 3 atom stereocenters. The van der Waals surface area contributed by atoms with Gasteiger partial charge in [0.25, 0.3) is 0 Å². The smallest absolute Gasteiger partial charge is 0.240 e. The highest BCUT2D eigenvalue weighted by atomic mass is 16.2. The number of carbonyl (C=O) groups is 2. The lowest BCUT2D eigenvalue weighted by Gasteiger charge is -2.41. The highest BCUT2D eigenvalue weighted by Gasteiger charge is 2.37. The molecule has 0 aromatic heterocycles. The summed E-state index contributed by atoms with van der Waals surface area (Å²) in [5, 5.41) is 15.8. The lowest BCUT2D eigenvalue weighted by molar-refractivity contribution is -0.123. The predicted molar refractivity (Wildman–Crippen MR) is 118 cm³/mol. The molecule has 162 valence electrons. The molecule has 1 aromatic rings. The molecule has 0 saturated heterocycles. The van der Waals surface area contributed by atoms with Crippen molar-refractivity contribution in [2.75, 3.05) is 11.4 Å². The Bertz CT molecular complexity index is 810. The number of fused-ring (bicyclic) bond motifs is 1. The Morgan fingerprint density at radius 2 is 1.97 bits per heavy atom. The van der Waals surface area contributed by atoms with Crippen molar-refractivity contribution in [2.24, 2.45) is 0 Å². The van der Waals surface area contributed by atoms with Crippen molar-refractivity contribution >= 4 is 17.5 Å². The molecular formula is C24H34N4O2. The number of nitriles is 1. The number of hydrogen-bond acceptors (Lipinski definition) is 4. The molecule has 1 aliphatic carbocycles. The van der Waals surface area contributed by atoms with Crippen LogP contribution in [0.2, 0.25) is 0 Å². The van der Waals surface area contributed by atoms with Crippen LogP contribution >= 0.6 is 0 Å². The summed E-state index contributed by atoms with van der Waals surface area (Å²) in [5.41, 5.74) is 1.18. The Morgan fingerprint density at radius 3 is 2.63 bits per heavy atom. The van der Waals surface area contributed by atoms with Crippen molar-refractivity contribution in [3.8, 4) is 6.07 Å². The van der Waals surface area contributed by atoms with Crippen molar-refractivity contribution in [3.05, 3.63) is 29.8 Å². The maximum absolute atomic E-state index is 12.9. The number of nitrogens with one attached hydrogen (secondary N) is 2. The fraction of sp³-hybridized carbons (Fsp3) is 0.625. The molecule has 2 amide bonds. The van der Waals surface area contributed by atoms with E-state index in [1.54, 1.807) is 0 Å². The van der Waals surface area contributed by atoms with Gasteiger partial charge in [0.2, 0.25) is 11.8 Å². The SMILES string of the molecule is CC[C@@H](C)NC(=O)[C@@H]1C[C@H](C)N(CC(=O)NC2(C#N)CCCCC2)c2ccccc21. The number of hydrogen-bond donors (Lipinski definition) is 2. The van der Waals surface area contributed by atoms with Gasteiger partial charge in [-0.1, -0.05) is 44.4 Å². The minimum absolute atomic E-state index is 0.0442. The first kappa shape index (κ1) is 22.1. The third-order valence-corrected chi connectivity index (χ3v) is 6.66. The van der Waals surface area contributed by atoms with Gasteiger partial charge in [-0.2, -0.15) is 5.26 Å². The van der Waals surface area contributed by atoms with E-state index < -0.39 is 5.54 Å². The highest BCUT2D eigenvalue weighted by Crippen LogP contribution is 2.38.